The lowest BCUT2D eigenvalue weighted by Gasteiger charge is -2.30. The zero-order valence-corrected chi connectivity index (χ0v) is 8.09. The third-order valence-corrected chi connectivity index (χ3v) is 2.39. The molecule has 3 heteroatoms. The Morgan fingerprint density at radius 2 is 2.25 bits per heavy atom. The molecule has 1 atom stereocenters. The predicted molar refractivity (Wildman–Crippen MR) is 50.4 cm³/mol. The van der Waals surface area contributed by atoms with Crippen LogP contribution in [-0.2, 0) is 0 Å². The summed E-state index contributed by atoms with van der Waals surface area (Å²) in [4.78, 5) is 4.30. The molecule has 1 heterocycles. The van der Waals surface area contributed by atoms with Crippen LogP contribution >= 0.6 is 0 Å². The highest BCUT2D eigenvalue weighted by Gasteiger charge is 2.25. The fourth-order valence-corrected chi connectivity index (χ4v) is 1.12. The van der Waals surface area contributed by atoms with Crippen molar-refractivity contribution in [1.29, 1.82) is 0 Å². The monoisotopic (exact) mass is 170 g/mol. The summed E-state index contributed by atoms with van der Waals surface area (Å²) in [5.41, 5.74) is -0.261. The van der Waals surface area contributed by atoms with Crippen LogP contribution in [0.5, 0.6) is 0 Å². The van der Waals surface area contributed by atoms with E-state index in [1.54, 1.807) is 6.92 Å². The minimum atomic E-state index is -0.360. The average Bonchev–Trinajstić information content (AvgIpc) is 2.38. The molecule has 0 aromatic heterocycles. The van der Waals surface area contributed by atoms with E-state index in [2.05, 4.69) is 10.3 Å². The van der Waals surface area contributed by atoms with Crippen LogP contribution in [-0.4, -0.2) is 29.1 Å². The molecule has 1 aliphatic rings. The van der Waals surface area contributed by atoms with Crippen molar-refractivity contribution in [2.45, 2.75) is 45.3 Å². The molecule has 0 aromatic rings. The molecular formula is C9H18N2O. The average molecular weight is 170 g/mol. The number of nitrogens with zero attached hydrogens (tertiary/aromatic N) is 1. The molecule has 12 heavy (non-hydrogen) atoms. The molecule has 0 radical (unpaired) electrons. The Labute approximate surface area is 73.9 Å². The van der Waals surface area contributed by atoms with E-state index < -0.39 is 0 Å². The smallest absolute Gasteiger partial charge is 0.0968 e. The van der Waals surface area contributed by atoms with Gasteiger partial charge >= 0.3 is 0 Å². The maximum Gasteiger partial charge on any atom is 0.0968 e. The first kappa shape index (κ1) is 9.52. The maximum atomic E-state index is 9.42. The molecule has 0 bridgehead atoms. The Morgan fingerprint density at radius 3 is 2.67 bits per heavy atom. The maximum absolute atomic E-state index is 9.42. The summed E-state index contributed by atoms with van der Waals surface area (Å²) >= 11 is 0. The highest BCUT2D eigenvalue weighted by atomic mass is 16.3. The lowest BCUT2D eigenvalue weighted by Crippen LogP contribution is -2.50. The van der Waals surface area contributed by atoms with E-state index in [4.69, 9.17) is 0 Å². The minimum absolute atomic E-state index is 0.261. The minimum Gasteiger partial charge on any atom is -0.391 e. The summed E-state index contributed by atoms with van der Waals surface area (Å²) in [6.45, 7) is 6.69. The quantitative estimate of drug-likeness (QED) is 0.647. The van der Waals surface area contributed by atoms with Crippen LogP contribution in [0.15, 0.2) is 4.99 Å². The Morgan fingerprint density at radius 1 is 1.58 bits per heavy atom. The number of nitrogens with one attached hydrogen (secondary N) is 1. The molecule has 0 spiro atoms. The van der Waals surface area contributed by atoms with E-state index in [9.17, 15) is 5.11 Å². The van der Waals surface area contributed by atoms with Crippen molar-refractivity contribution in [1.82, 2.24) is 5.32 Å². The van der Waals surface area contributed by atoms with Gasteiger partial charge in [0.1, 0.15) is 0 Å². The van der Waals surface area contributed by atoms with Gasteiger partial charge in [-0.25, -0.2) is 0 Å². The van der Waals surface area contributed by atoms with Gasteiger partial charge in [0.2, 0.25) is 0 Å². The molecular weight excluding hydrogens is 152 g/mol. The summed E-state index contributed by atoms with van der Waals surface area (Å²) in [5.74, 6) is 1.04. The summed E-state index contributed by atoms with van der Waals surface area (Å²) in [5, 5.41) is 12.7. The van der Waals surface area contributed by atoms with E-state index in [-0.39, 0.29) is 11.6 Å². The van der Waals surface area contributed by atoms with Crippen molar-refractivity contribution in [3.8, 4) is 0 Å². The first-order valence-electron chi connectivity index (χ1n) is 4.52. The van der Waals surface area contributed by atoms with Crippen molar-refractivity contribution in [3.63, 3.8) is 0 Å². The highest BCUT2D eigenvalue weighted by Crippen LogP contribution is 2.11. The van der Waals surface area contributed by atoms with Crippen LogP contribution in [0.2, 0.25) is 0 Å². The van der Waals surface area contributed by atoms with Crippen LogP contribution in [0.25, 0.3) is 0 Å². The van der Waals surface area contributed by atoms with Crippen molar-refractivity contribution in [3.05, 3.63) is 0 Å². The summed E-state index contributed by atoms with van der Waals surface area (Å²) in [6, 6.07) is 0. The number of aliphatic hydroxyl groups is 1. The van der Waals surface area contributed by atoms with Gasteiger partial charge in [0.25, 0.3) is 0 Å². The molecule has 0 saturated heterocycles. The number of rotatable bonds is 2. The van der Waals surface area contributed by atoms with Crippen molar-refractivity contribution in [2.75, 3.05) is 6.54 Å². The lowest BCUT2D eigenvalue weighted by molar-refractivity contribution is 0.109. The zero-order valence-electron chi connectivity index (χ0n) is 8.09. The van der Waals surface area contributed by atoms with Crippen molar-refractivity contribution >= 4 is 5.84 Å². The highest BCUT2D eigenvalue weighted by molar-refractivity contribution is 5.84. The van der Waals surface area contributed by atoms with Gasteiger partial charge in [-0.3, -0.25) is 4.99 Å². The molecule has 3 nitrogen and oxygen atoms in total. The Kier molecular flexibility index (Phi) is 2.73. The standard InChI is InChI=1S/C9H18N2O/c1-7(12)9(2,3)11-8-5-4-6-10-8/h7,12H,4-6H2,1-3H3,(H,10,11). The van der Waals surface area contributed by atoms with Gasteiger partial charge < -0.3 is 10.4 Å². The van der Waals surface area contributed by atoms with Crippen LogP contribution in [0.1, 0.15) is 33.6 Å². The molecule has 0 fully saturated rings. The first-order valence-corrected chi connectivity index (χ1v) is 4.52. The fourth-order valence-electron chi connectivity index (χ4n) is 1.12. The molecule has 0 aliphatic carbocycles. The Bertz CT molecular complexity index is 185. The number of aliphatic hydroxyl groups excluding tert-OH is 1. The second-order valence-corrected chi connectivity index (χ2v) is 3.95. The molecule has 0 aromatic carbocycles. The van der Waals surface area contributed by atoms with E-state index in [0.29, 0.717) is 0 Å². The van der Waals surface area contributed by atoms with Crippen molar-refractivity contribution < 1.29 is 5.11 Å². The van der Waals surface area contributed by atoms with Crippen LogP contribution in [0.4, 0.5) is 0 Å². The van der Waals surface area contributed by atoms with Gasteiger partial charge in [0, 0.05) is 13.0 Å². The molecule has 0 amide bonds. The van der Waals surface area contributed by atoms with Crippen LogP contribution in [0.3, 0.4) is 0 Å². The van der Waals surface area contributed by atoms with E-state index in [1.165, 1.54) is 0 Å². The van der Waals surface area contributed by atoms with Crippen molar-refractivity contribution in [2.24, 2.45) is 4.99 Å². The molecule has 0 saturated carbocycles. The lowest BCUT2D eigenvalue weighted by atomic mass is 9.98. The predicted octanol–water partition coefficient (Wildman–Crippen LogP) is 0.928. The van der Waals surface area contributed by atoms with Gasteiger partial charge in [-0.1, -0.05) is 0 Å². The van der Waals surface area contributed by atoms with Gasteiger partial charge in [-0.2, -0.15) is 0 Å². The second kappa shape index (κ2) is 3.44. The topological polar surface area (TPSA) is 44.6 Å². The second-order valence-electron chi connectivity index (χ2n) is 3.95. The Balaban J connectivity index is 2.48. The summed E-state index contributed by atoms with van der Waals surface area (Å²) < 4.78 is 0. The van der Waals surface area contributed by atoms with E-state index >= 15 is 0 Å². The molecule has 70 valence electrons. The number of aliphatic imine (C=N–C) groups is 1. The SMILES string of the molecule is CC(O)C(C)(C)NC1=NCCC1. The fraction of sp³-hybridized carbons (Fsp3) is 0.889. The van der Waals surface area contributed by atoms with E-state index in [0.717, 1.165) is 25.2 Å². The molecule has 1 aliphatic heterocycles. The molecule has 1 unspecified atom stereocenters. The number of hydrogen-bond acceptors (Lipinski definition) is 3. The normalized spacial score (nSPS) is 20.5. The zero-order chi connectivity index (χ0) is 9.19. The van der Waals surface area contributed by atoms with E-state index in [1.807, 2.05) is 13.8 Å². The Hall–Kier alpha value is -0.570. The number of hydrogen-bond donors (Lipinski definition) is 2. The van der Waals surface area contributed by atoms with Crippen LogP contribution < -0.4 is 5.32 Å². The third kappa shape index (κ3) is 2.21. The summed E-state index contributed by atoms with van der Waals surface area (Å²) in [7, 11) is 0. The largest absolute Gasteiger partial charge is 0.391 e. The van der Waals surface area contributed by atoms with Crippen LogP contribution in [0, 0.1) is 0 Å². The number of amidine groups is 1. The first-order chi connectivity index (χ1) is 5.52. The molecule has 2 N–H and O–H groups in total. The third-order valence-electron chi connectivity index (χ3n) is 2.39. The van der Waals surface area contributed by atoms with Gasteiger partial charge in [-0.15, -0.1) is 0 Å². The summed E-state index contributed by atoms with van der Waals surface area (Å²) in [6.07, 6.45) is 1.80. The van der Waals surface area contributed by atoms with Gasteiger partial charge in [0.15, 0.2) is 0 Å². The van der Waals surface area contributed by atoms with Gasteiger partial charge in [0.05, 0.1) is 17.5 Å². The molecule has 1 rings (SSSR count). The van der Waals surface area contributed by atoms with Gasteiger partial charge in [-0.05, 0) is 27.2 Å².